The number of fused-ring (bicyclic) bond motifs is 1. The summed E-state index contributed by atoms with van der Waals surface area (Å²) in [6.07, 6.45) is -3.71. The van der Waals surface area contributed by atoms with Crippen LogP contribution in [0.5, 0.6) is 5.88 Å². The normalized spacial score (nSPS) is 18.5. The van der Waals surface area contributed by atoms with E-state index < -0.39 is 41.2 Å². The van der Waals surface area contributed by atoms with Gasteiger partial charge in [-0.15, -0.1) is 5.10 Å². The molecule has 1 saturated heterocycles. The Morgan fingerprint density at radius 2 is 2.09 bits per heavy atom. The number of H-pyrrole nitrogens is 1. The lowest BCUT2D eigenvalue weighted by Gasteiger charge is -2.39. The van der Waals surface area contributed by atoms with Crippen LogP contribution < -0.4 is 20.5 Å². The van der Waals surface area contributed by atoms with Crippen LogP contribution >= 0.6 is 0 Å². The number of aromatic nitrogens is 4. The largest absolute Gasteiger partial charge is 0.479 e. The highest BCUT2D eigenvalue weighted by Gasteiger charge is 2.36. The molecule has 3 aromatic heterocycles. The zero-order valence-electron chi connectivity index (χ0n) is 19.1. The molecule has 0 aromatic carbocycles. The van der Waals surface area contributed by atoms with Gasteiger partial charge in [0, 0.05) is 26.8 Å². The molecule has 1 aliphatic heterocycles. The Balaban J connectivity index is 1.46. The van der Waals surface area contributed by atoms with E-state index >= 15 is 4.39 Å². The van der Waals surface area contributed by atoms with Gasteiger partial charge in [0.1, 0.15) is 11.9 Å². The van der Waals surface area contributed by atoms with Crippen LogP contribution in [-0.2, 0) is 13.2 Å². The first kappa shape index (κ1) is 24.3. The zero-order valence-corrected chi connectivity index (χ0v) is 19.1. The minimum atomic E-state index is -4.70. The summed E-state index contributed by atoms with van der Waals surface area (Å²) in [4.78, 5) is 32.0. The predicted octanol–water partition coefficient (Wildman–Crippen LogP) is 2.76. The number of carbonyl (C=O) groups is 1. The highest BCUT2D eigenvalue weighted by molar-refractivity contribution is 5.89. The maximum absolute atomic E-state index is 15.2. The molecular formula is C21H23F4N7O3. The van der Waals surface area contributed by atoms with Crippen molar-refractivity contribution in [3.8, 4) is 5.88 Å². The van der Waals surface area contributed by atoms with E-state index in [2.05, 4.69) is 20.5 Å². The molecule has 4 heterocycles. The third-order valence-electron chi connectivity index (χ3n) is 6.00. The third kappa shape index (κ3) is 4.72. The first-order valence-electron chi connectivity index (χ1n) is 10.6. The molecule has 2 N–H and O–H groups in total. The Morgan fingerprint density at radius 3 is 2.74 bits per heavy atom. The van der Waals surface area contributed by atoms with Crippen molar-refractivity contribution in [1.82, 2.24) is 24.6 Å². The van der Waals surface area contributed by atoms with Crippen LogP contribution in [0.3, 0.4) is 0 Å². The number of urea groups is 1. The van der Waals surface area contributed by atoms with Crippen LogP contribution in [0.25, 0.3) is 11.0 Å². The average Bonchev–Trinajstić information content (AvgIpc) is 3.23. The van der Waals surface area contributed by atoms with Gasteiger partial charge in [-0.1, -0.05) is 0 Å². The van der Waals surface area contributed by atoms with E-state index in [9.17, 15) is 22.8 Å². The molecule has 0 aliphatic carbocycles. The fourth-order valence-corrected chi connectivity index (χ4v) is 4.07. The summed E-state index contributed by atoms with van der Waals surface area (Å²) in [6, 6.07) is 0.615. The molecule has 2 atom stereocenters. The molecule has 2 amide bonds. The van der Waals surface area contributed by atoms with Gasteiger partial charge in [-0.05, 0) is 18.6 Å². The van der Waals surface area contributed by atoms with Crippen LogP contribution in [-0.4, -0.2) is 70.1 Å². The highest BCUT2D eigenvalue weighted by atomic mass is 19.4. The van der Waals surface area contributed by atoms with Gasteiger partial charge in [0.05, 0.1) is 42.5 Å². The number of aromatic amines is 1. The van der Waals surface area contributed by atoms with E-state index in [0.717, 1.165) is 16.5 Å². The van der Waals surface area contributed by atoms with E-state index in [4.69, 9.17) is 4.74 Å². The molecule has 0 saturated carbocycles. The molecule has 188 valence electrons. The minimum Gasteiger partial charge on any atom is -0.479 e. The number of piperidine rings is 1. The second kappa shape index (κ2) is 9.07. The number of amides is 2. The fraction of sp³-hybridized carbons (Fsp3) is 0.429. The number of nitrogens with zero attached hydrogens (tertiary/aromatic N) is 5. The summed E-state index contributed by atoms with van der Waals surface area (Å²) in [7, 11) is 3.96. The molecule has 3 aromatic rings. The molecule has 0 bridgehead atoms. The van der Waals surface area contributed by atoms with Gasteiger partial charge in [0.15, 0.2) is 5.65 Å². The smallest absolute Gasteiger partial charge is 0.417 e. The Morgan fingerprint density at radius 1 is 1.34 bits per heavy atom. The van der Waals surface area contributed by atoms with Gasteiger partial charge >= 0.3 is 12.2 Å². The number of ether oxygens (including phenoxy) is 1. The van der Waals surface area contributed by atoms with Crippen molar-refractivity contribution in [2.45, 2.75) is 24.8 Å². The monoisotopic (exact) mass is 497 g/mol. The summed E-state index contributed by atoms with van der Waals surface area (Å²) >= 11 is 0. The number of halogens is 4. The molecule has 1 unspecified atom stereocenters. The quantitative estimate of drug-likeness (QED) is 0.537. The van der Waals surface area contributed by atoms with E-state index in [1.807, 2.05) is 0 Å². The van der Waals surface area contributed by atoms with Crippen molar-refractivity contribution in [1.29, 1.82) is 0 Å². The minimum absolute atomic E-state index is 0.0407. The SMILES string of the molecule is COc1n[nH]c2ncc(N3CCC(N(C)C(=O)Nc4cc(C(F)(F)F)cn(C)c4=O)[C@H](F)C3)cc12. The summed E-state index contributed by atoms with van der Waals surface area (Å²) in [5.74, 6) is 0.359. The van der Waals surface area contributed by atoms with Crippen molar-refractivity contribution < 1.29 is 27.1 Å². The lowest BCUT2D eigenvalue weighted by atomic mass is 10.0. The van der Waals surface area contributed by atoms with Crippen LogP contribution in [0, 0.1) is 0 Å². The molecule has 10 nitrogen and oxygen atoms in total. The molecule has 0 radical (unpaired) electrons. The van der Waals surface area contributed by atoms with E-state index in [1.165, 1.54) is 14.2 Å². The van der Waals surface area contributed by atoms with Gasteiger partial charge in [-0.3, -0.25) is 9.89 Å². The summed E-state index contributed by atoms with van der Waals surface area (Å²) in [5.41, 5.74) is -1.27. The van der Waals surface area contributed by atoms with Crippen molar-refractivity contribution in [3.05, 3.63) is 40.4 Å². The van der Waals surface area contributed by atoms with Gasteiger partial charge < -0.3 is 24.4 Å². The predicted molar refractivity (Wildman–Crippen MR) is 119 cm³/mol. The van der Waals surface area contributed by atoms with Crippen LogP contribution in [0.2, 0.25) is 0 Å². The molecule has 0 spiro atoms. The second-order valence-electron chi connectivity index (χ2n) is 8.24. The number of hydrogen-bond donors (Lipinski definition) is 2. The van der Waals surface area contributed by atoms with E-state index in [0.29, 0.717) is 41.4 Å². The van der Waals surface area contributed by atoms with Crippen molar-refractivity contribution >= 4 is 28.4 Å². The third-order valence-corrected chi connectivity index (χ3v) is 6.00. The summed E-state index contributed by atoms with van der Waals surface area (Å²) in [5, 5.41) is 9.56. The van der Waals surface area contributed by atoms with Crippen LogP contribution in [0.15, 0.2) is 29.3 Å². The first-order chi connectivity index (χ1) is 16.5. The van der Waals surface area contributed by atoms with Crippen molar-refractivity contribution in [2.24, 2.45) is 7.05 Å². The zero-order chi connectivity index (χ0) is 25.5. The molecule has 4 rings (SSSR count). The number of methoxy groups -OCH3 is 1. The average molecular weight is 497 g/mol. The number of hydrogen-bond acceptors (Lipinski definition) is 6. The van der Waals surface area contributed by atoms with Crippen LogP contribution in [0.1, 0.15) is 12.0 Å². The number of alkyl halides is 4. The Kier molecular flexibility index (Phi) is 6.30. The number of nitrogens with one attached hydrogen (secondary N) is 2. The molecule has 1 aliphatic rings. The number of anilines is 2. The van der Waals surface area contributed by atoms with Gasteiger partial charge in [0.25, 0.3) is 5.56 Å². The molecule has 35 heavy (non-hydrogen) atoms. The Labute approximate surface area is 196 Å². The van der Waals surface area contributed by atoms with Gasteiger partial charge in [0.2, 0.25) is 5.88 Å². The highest BCUT2D eigenvalue weighted by Crippen LogP contribution is 2.31. The maximum Gasteiger partial charge on any atom is 0.417 e. The Hall–Kier alpha value is -3.84. The molecule has 14 heteroatoms. The van der Waals surface area contributed by atoms with Crippen LogP contribution in [0.4, 0.5) is 33.7 Å². The van der Waals surface area contributed by atoms with E-state index in [-0.39, 0.29) is 13.0 Å². The molecule has 1 fully saturated rings. The number of aryl methyl sites for hydroxylation is 1. The number of carbonyl (C=O) groups excluding carboxylic acids is 1. The summed E-state index contributed by atoms with van der Waals surface area (Å²) in [6.45, 7) is 0.350. The number of pyridine rings is 2. The standard InChI is InChI=1S/C21H23F4N7O3/c1-30-9-11(21(23,24)25)6-15(19(30)33)27-20(34)31(2)16-4-5-32(10-14(16)22)12-7-13-17(26-8-12)28-29-18(13)35-3/h6-9,14,16H,4-5,10H2,1-3H3,(H,27,34)(H,26,28,29)/t14-,16?/m1/s1. The maximum atomic E-state index is 15.2. The second-order valence-corrected chi connectivity index (χ2v) is 8.24. The summed E-state index contributed by atoms with van der Waals surface area (Å²) < 4.78 is 60.4. The molecular weight excluding hydrogens is 474 g/mol. The van der Waals surface area contributed by atoms with Gasteiger partial charge in [-0.25, -0.2) is 14.2 Å². The number of rotatable bonds is 4. The topological polar surface area (TPSA) is 108 Å². The fourth-order valence-electron chi connectivity index (χ4n) is 4.07. The van der Waals surface area contributed by atoms with Crippen molar-refractivity contribution in [2.75, 3.05) is 37.5 Å². The van der Waals surface area contributed by atoms with Crippen molar-refractivity contribution in [3.63, 3.8) is 0 Å². The lowest BCUT2D eigenvalue weighted by molar-refractivity contribution is -0.138. The van der Waals surface area contributed by atoms with E-state index in [1.54, 1.807) is 17.2 Å². The Bertz CT molecular complexity index is 1310. The first-order valence-corrected chi connectivity index (χ1v) is 10.6. The lowest BCUT2D eigenvalue weighted by Crippen LogP contribution is -2.54. The van der Waals surface area contributed by atoms with Gasteiger partial charge in [-0.2, -0.15) is 13.2 Å².